The van der Waals surface area contributed by atoms with E-state index in [2.05, 4.69) is 4.74 Å². The molecule has 3 aromatic rings. The van der Waals surface area contributed by atoms with Crippen molar-refractivity contribution < 1.29 is 32.6 Å². The molecule has 0 aliphatic carbocycles. The Bertz CT molecular complexity index is 1180. The van der Waals surface area contributed by atoms with E-state index in [9.17, 15) is 18.4 Å². The summed E-state index contributed by atoms with van der Waals surface area (Å²) in [6.45, 7) is -0.305. The number of ketones is 1. The lowest BCUT2D eigenvalue weighted by atomic mass is 10.1. The summed E-state index contributed by atoms with van der Waals surface area (Å²) >= 11 is 0. The maximum absolute atomic E-state index is 13.7. The molecule has 4 rings (SSSR count). The molecule has 31 heavy (non-hydrogen) atoms. The van der Waals surface area contributed by atoms with Gasteiger partial charge in [-0.3, -0.25) is 4.79 Å². The Morgan fingerprint density at radius 1 is 1.03 bits per heavy atom. The van der Waals surface area contributed by atoms with E-state index in [0.717, 1.165) is 12.1 Å². The number of esters is 1. The molecule has 0 N–H and O–H groups in total. The van der Waals surface area contributed by atoms with Crippen molar-refractivity contribution in [3.63, 3.8) is 0 Å². The first-order valence-corrected chi connectivity index (χ1v) is 9.28. The largest absolute Gasteiger partial charge is 0.489 e. The summed E-state index contributed by atoms with van der Waals surface area (Å²) in [7, 11) is 1.30. The van der Waals surface area contributed by atoms with Crippen molar-refractivity contribution >= 4 is 17.8 Å². The SMILES string of the molecule is COC(=O)c1ccc(/C=C2\Oc3cc(OCc4c(F)cccc4F)ccc3C2=O)cc1. The zero-order valence-corrected chi connectivity index (χ0v) is 16.4. The Labute approximate surface area is 176 Å². The first-order chi connectivity index (χ1) is 15.0. The number of carbonyl (C=O) groups is 2. The van der Waals surface area contributed by atoms with Gasteiger partial charge in [-0.1, -0.05) is 18.2 Å². The molecule has 156 valence electrons. The van der Waals surface area contributed by atoms with Gasteiger partial charge in [-0.2, -0.15) is 0 Å². The molecule has 1 aliphatic rings. The van der Waals surface area contributed by atoms with Crippen LogP contribution in [0.3, 0.4) is 0 Å². The Morgan fingerprint density at radius 2 is 1.74 bits per heavy atom. The number of Topliss-reactive ketones (excluding diaryl/α,β-unsaturated/α-hetero) is 1. The number of methoxy groups -OCH3 is 1. The topological polar surface area (TPSA) is 61.8 Å². The van der Waals surface area contributed by atoms with Gasteiger partial charge >= 0.3 is 5.97 Å². The molecule has 0 bridgehead atoms. The molecule has 1 heterocycles. The van der Waals surface area contributed by atoms with Gasteiger partial charge in [0.1, 0.15) is 29.7 Å². The fraction of sp³-hybridized carbons (Fsp3) is 0.0833. The van der Waals surface area contributed by atoms with Gasteiger partial charge in [0.2, 0.25) is 5.78 Å². The van der Waals surface area contributed by atoms with Crippen molar-refractivity contribution in [2.24, 2.45) is 0 Å². The molecule has 5 nitrogen and oxygen atoms in total. The second-order valence-electron chi connectivity index (χ2n) is 6.70. The van der Waals surface area contributed by atoms with Crippen molar-refractivity contribution in [1.29, 1.82) is 0 Å². The van der Waals surface area contributed by atoms with Crippen LogP contribution in [0.1, 0.15) is 31.8 Å². The molecular formula is C24H16F2O5. The summed E-state index contributed by atoms with van der Waals surface area (Å²) in [6.07, 6.45) is 1.55. The summed E-state index contributed by atoms with van der Waals surface area (Å²) in [4.78, 5) is 24.1. The van der Waals surface area contributed by atoms with Crippen LogP contribution in [0, 0.1) is 11.6 Å². The zero-order chi connectivity index (χ0) is 22.0. The lowest BCUT2D eigenvalue weighted by Gasteiger charge is -2.09. The number of carbonyl (C=O) groups excluding carboxylic acids is 2. The Kier molecular flexibility index (Phi) is 5.49. The molecule has 0 aromatic heterocycles. The van der Waals surface area contributed by atoms with E-state index in [1.54, 1.807) is 30.3 Å². The van der Waals surface area contributed by atoms with Crippen LogP contribution in [0.2, 0.25) is 0 Å². The third-order valence-electron chi connectivity index (χ3n) is 4.72. The molecule has 3 aromatic carbocycles. The number of fused-ring (bicyclic) bond motifs is 1. The van der Waals surface area contributed by atoms with E-state index in [1.165, 1.54) is 31.4 Å². The van der Waals surface area contributed by atoms with Crippen LogP contribution in [0.5, 0.6) is 11.5 Å². The first kappa shape index (κ1) is 20.3. The average molecular weight is 422 g/mol. The van der Waals surface area contributed by atoms with Crippen molar-refractivity contribution in [2.75, 3.05) is 7.11 Å². The van der Waals surface area contributed by atoms with Crippen LogP contribution in [0.4, 0.5) is 8.78 Å². The monoisotopic (exact) mass is 422 g/mol. The summed E-state index contributed by atoms with van der Waals surface area (Å²) in [5, 5.41) is 0. The van der Waals surface area contributed by atoms with Gasteiger partial charge in [0, 0.05) is 6.07 Å². The molecule has 0 atom stereocenters. The summed E-state index contributed by atoms with van der Waals surface area (Å²) in [5.74, 6) is -1.46. The Morgan fingerprint density at radius 3 is 2.42 bits per heavy atom. The Balaban J connectivity index is 1.50. The number of halogens is 2. The van der Waals surface area contributed by atoms with Crippen LogP contribution in [-0.4, -0.2) is 18.9 Å². The molecule has 0 amide bonds. The summed E-state index contributed by atoms with van der Waals surface area (Å²) < 4.78 is 43.3. The minimum atomic E-state index is -0.698. The van der Waals surface area contributed by atoms with Gasteiger partial charge in [0.05, 0.1) is 23.8 Å². The van der Waals surface area contributed by atoms with Gasteiger partial charge in [-0.25, -0.2) is 13.6 Å². The third kappa shape index (κ3) is 4.16. The van der Waals surface area contributed by atoms with E-state index >= 15 is 0 Å². The van der Waals surface area contributed by atoms with Crippen LogP contribution in [-0.2, 0) is 11.3 Å². The van der Waals surface area contributed by atoms with Crippen molar-refractivity contribution in [3.8, 4) is 11.5 Å². The molecule has 0 unspecified atom stereocenters. The van der Waals surface area contributed by atoms with Crippen molar-refractivity contribution in [3.05, 3.63) is 100 Å². The van der Waals surface area contributed by atoms with E-state index in [4.69, 9.17) is 9.47 Å². The number of ether oxygens (including phenoxy) is 3. The lowest BCUT2D eigenvalue weighted by molar-refractivity contribution is 0.0600. The molecule has 0 radical (unpaired) electrons. The highest BCUT2D eigenvalue weighted by atomic mass is 19.1. The normalized spacial score (nSPS) is 13.6. The smallest absolute Gasteiger partial charge is 0.337 e. The molecule has 1 aliphatic heterocycles. The highest BCUT2D eigenvalue weighted by Crippen LogP contribution is 2.35. The van der Waals surface area contributed by atoms with Crippen LogP contribution in [0.25, 0.3) is 6.08 Å². The molecular weight excluding hydrogens is 406 g/mol. The highest BCUT2D eigenvalue weighted by molar-refractivity contribution is 6.14. The maximum atomic E-state index is 13.7. The molecule has 0 spiro atoms. The van der Waals surface area contributed by atoms with E-state index < -0.39 is 17.6 Å². The lowest BCUT2D eigenvalue weighted by Crippen LogP contribution is -2.02. The standard InChI is InChI=1S/C24H16F2O5/c1-29-24(28)15-7-5-14(6-8-15)11-22-23(27)17-10-9-16(12-21(17)31-22)30-13-18-19(25)3-2-4-20(18)26/h2-12H,13H2,1H3/b22-11-. The first-order valence-electron chi connectivity index (χ1n) is 9.28. The summed E-state index contributed by atoms with van der Waals surface area (Å²) in [5.41, 5.74) is 1.22. The minimum absolute atomic E-state index is 0.109. The predicted molar refractivity (Wildman–Crippen MR) is 108 cm³/mol. The van der Waals surface area contributed by atoms with Gasteiger partial charge in [-0.05, 0) is 48.0 Å². The molecule has 7 heteroatoms. The third-order valence-corrected chi connectivity index (χ3v) is 4.72. The van der Waals surface area contributed by atoms with Gasteiger partial charge < -0.3 is 14.2 Å². The number of benzene rings is 3. The minimum Gasteiger partial charge on any atom is -0.489 e. The maximum Gasteiger partial charge on any atom is 0.337 e. The highest BCUT2D eigenvalue weighted by Gasteiger charge is 2.27. The zero-order valence-electron chi connectivity index (χ0n) is 16.4. The van der Waals surface area contributed by atoms with Gasteiger partial charge in [0.25, 0.3) is 0 Å². The number of rotatable bonds is 5. The van der Waals surface area contributed by atoms with E-state index in [1.807, 2.05) is 0 Å². The Hall–Kier alpha value is -4.00. The quantitative estimate of drug-likeness (QED) is 0.430. The molecule has 0 saturated heterocycles. The van der Waals surface area contributed by atoms with E-state index in [0.29, 0.717) is 22.4 Å². The van der Waals surface area contributed by atoms with Gasteiger partial charge in [0.15, 0.2) is 5.76 Å². The second-order valence-corrected chi connectivity index (χ2v) is 6.70. The fourth-order valence-electron chi connectivity index (χ4n) is 3.07. The van der Waals surface area contributed by atoms with Crippen LogP contribution < -0.4 is 9.47 Å². The molecule has 0 saturated carbocycles. The average Bonchev–Trinajstić information content (AvgIpc) is 3.08. The van der Waals surface area contributed by atoms with Gasteiger partial charge in [-0.15, -0.1) is 0 Å². The number of hydrogen-bond donors (Lipinski definition) is 0. The van der Waals surface area contributed by atoms with Crippen LogP contribution >= 0.6 is 0 Å². The van der Waals surface area contributed by atoms with Crippen molar-refractivity contribution in [1.82, 2.24) is 0 Å². The predicted octanol–water partition coefficient (Wildman–Crippen LogP) is 4.95. The van der Waals surface area contributed by atoms with Crippen molar-refractivity contribution in [2.45, 2.75) is 6.61 Å². The second kappa shape index (κ2) is 8.39. The number of hydrogen-bond acceptors (Lipinski definition) is 5. The van der Waals surface area contributed by atoms with Crippen LogP contribution in [0.15, 0.2) is 66.4 Å². The molecule has 0 fully saturated rings. The number of allylic oxidation sites excluding steroid dienone is 1. The van der Waals surface area contributed by atoms with E-state index in [-0.39, 0.29) is 29.5 Å². The summed E-state index contributed by atoms with van der Waals surface area (Å²) in [6, 6.07) is 14.6. The fourth-order valence-corrected chi connectivity index (χ4v) is 3.07.